The monoisotopic (exact) mass is 386 g/mol. The Kier molecular flexibility index (Phi) is 5.77. The van der Waals surface area contributed by atoms with Crippen molar-refractivity contribution in [2.45, 2.75) is 63.3 Å². The Morgan fingerprint density at radius 3 is 2.86 bits per heavy atom. The van der Waals surface area contributed by atoms with E-state index in [0.29, 0.717) is 6.04 Å². The maximum Gasteiger partial charge on any atom is 0.267 e. The fourth-order valence-corrected chi connectivity index (χ4v) is 4.47. The highest BCUT2D eigenvalue weighted by Crippen LogP contribution is 2.29. The van der Waals surface area contributed by atoms with Crippen molar-refractivity contribution in [3.8, 4) is 0 Å². The second-order valence-corrected chi connectivity index (χ2v) is 8.04. The molecule has 152 valence electrons. The summed E-state index contributed by atoms with van der Waals surface area (Å²) in [6, 6.07) is 3.58. The molecule has 2 fully saturated rings. The van der Waals surface area contributed by atoms with Crippen LogP contribution in [0.2, 0.25) is 0 Å². The molecule has 2 aromatic rings. The molecule has 1 aliphatic heterocycles. The minimum Gasteiger partial charge on any atom is -0.391 e. The lowest BCUT2D eigenvalue weighted by molar-refractivity contribution is 0.127. The number of hydrogen-bond acceptors (Lipinski definition) is 6. The van der Waals surface area contributed by atoms with Gasteiger partial charge in [0.05, 0.1) is 18.3 Å². The van der Waals surface area contributed by atoms with Gasteiger partial charge < -0.3 is 15.3 Å². The van der Waals surface area contributed by atoms with Crippen LogP contribution >= 0.6 is 0 Å². The van der Waals surface area contributed by atoms with Crippen LogP contribution in [0.3, 0.4) is 0 Å². The van der Waals surface area contributed by atoms with E-state index in [9.17, 15) is 9.90 Å². The fourth-order valence-electron chi connectivity index (χ4n) is 4.47. The van der Waals surface area contributed by atoms with Crippen LogP contribution in [0.4, 0.5) is 5.82 Å². The zero-order valence-corrected chi connectivity index (χ0v) is 16.5. The topological polar surface area (TPSA) is 88.2 Å². The molecule has 0 amide bonds. The number of aryl methyl sites for hydroxylation is 1. The molecule has 3 atom stereocenters. The molecule has 0 aromatic carbocycles. The average Bonchev–Trinajstić information content (AvgIpc) is 3.31. The summed E-state index contributed by atoms with van der Waals surface area (Å²) >= 11 is 0. The van der Waals surface area contributed by atoms with Gasteiger partial charge in [-0.15, -0.1) is 0 Å². The standard InChI is InChI=1S/C20H30N6O2/c1-24-14-15(12-22-24)11-21-13-16-5-2-3-10-25(16)19-8-9-20(28)26(23-19)17-6-4-7-18(17)27/h8-9,12,14,16-18,21,27H,2-7,10-11,13H2,1H3. The van der Waals surface area contributed by atoms with Crippen LogP contribution < -0.4 is 15.8 Å². The summed E-state index contributed by atoms with van der Waals surface area (Å²) < 4.78 is 3.33. The van der Waals surface area contributed by atoms with Crippen molar-refractivity contribution in [3.63, 3.8) is 0 Å². The summed E-state index contributed by atoms with van der Waals surface area (Å²) in [5, 5.41) is 22.6. The van der Waals surface area contributed by atoms with Crippen LogP contribution in [0.5, 0.6) is 0 Å². The van der Waals surface area contributed by atoms with Gasteiger partial charge in [0.2, 0.25) is 0 Å². The number of nitrogens with one attached hydrogen (secondary N) is 1. The molecule has 8 heteroatoms. The third kappa shape index (κ3) is 4.12. The molecule has 1 saturated carbocycles. The quantitative estimate of drug-likeness (QED) is 0.776. The van der Waals surface area contributed by atoms with Gasteiger partial charge in [0.1, 0.15) is 5.82 Å². The predicted octanol–water partition coefficient (Wildman–Crippen LogP) is 1.21. The maximum absolute atomic E-state index is 12.3. The van der Waals surface area contributed by atoms with Gasteiger partial charge in [-0.05, 0) is 44.6 Å². The molecule has 1 aliphatic carbocycles. The summed E-state index contributed by atoms with van der Waals surface area (Å²) in [4.78, 5) is 14.7. The largest absolute Gasteiger partial charge is 0.391 e. The fraction of sp³-hybridized carbons (Fsp3) is 0.650. The van der Waals surface area contributed by atoms with Crippen molar-refractivity contribution in [2.75, 3.05) is 18.0 Å². The van der Waals surface area contributed by atoms with Crippen molar-refractivity contribution in [3.05, 3.63) is 40.4 Å². The van der Waals surface area contributed by atoms with E-state index in [-0.39, 0.29) is 11.6 Å². The number of aliphatic hydroxyl groups excluding tert-OH is 1. The molecule has 2 aliphatic rings. The lowest BCUT2D eigenvalue weighted by atomic mass is 10.0. The Hall–Kier alpha value is -2.19. The van der Waals surface area contributed by atoms with Crippen LogP contribution in [0.25, 0.3) is 0 Å². The van der Waals surface area contributed by atoms with Crippen molar-refractivity contribution in [1.82, 2.24) is 24.9 Å². The highest BCUT2D eigenvalue weighted by Gasteiger charge is 2.30. The van der Waals surface area contributed by atoms with Gasteiger partial charge in [0.25, 0.3) is 5.56 Å². The zero-order valence-electron chi connectivity index (χ0n) is 16.5. The summed E-state index contributed by atoms with van der Waals surface area (Å²) in [5.74, 6) is 0.839. The molecule has 2 aromatic heterocycles. The summed E-state index contributed by atoms with van der Waals surface area (Å²) in [6.07, 6.45) is 9.37. The van der Waals surface area contributed by atoms with Crippen LogP contribution in [0.1, 0.15) is 50.1 Å². The van der Waals surface area contributed by atoms with E-state index in [0.717, 1.165) is 57.6 Å². The molecule has 3 heterocycles. The summed E-state index contributed by atoms with van der Waals surface area (Å²) in [7, 11) is 1.92. The smallest absolute Gasteiger partial charge is 0.267 e. The summed E-state index contributed by atoms with van der Waals surface area (Å²) in [6.45, 7) is 2.60. The van der Waals surface area contributed by atoms with Crippen LogP contribution in [0, 0.1) is 0 Å². The van der Waals surface area contributed by atoms with Crippen molar-refractivity contribution in [2.24, 2.45) is 7.05 Å². The molecular formula is C20H30N6O2. The molecule has 1 saturated heterocycles. The third-order valence-corrected chi connectivity index (χ3v) is 5.96. The predicted molar refractivity (Wildman–Crippen MR) is 107 cm³/mol. The third-order valence-electron chi connectivity index (χ3n) is 5.96. The molecule has 28 heavy (non-hydrogen) atoms. The second kappa shape index (κ2) is 8.45. The van der Waals surface area contributed by atoms with Crippen LogP contribution in [-0.2, 0) is 13.6 Å². The molecular weight excluding hydrogens is 356 g/mol. The maximum atomic E-state index is 12.3. The molecule has 4 rings (SSSR count). The van der Waals surface area contributed by atoms with Gasteiger partial charge in [-0.3, -0.25) is 9.48 Å². The number of hydrogen-bond donors (Lipinski definition) is 2. The average molecular weight is 387 g/mol. The van der Waals surface area contributed by atoms with E-state index < -0.39 is 6.10 Å². The number of nitrogens with zero attached hydrogens (tertiary/aromatic N) is 5. The first-order valence-electron chi connectivity index (χ1n) is 10.3. The van der Waals surface area contributed by atoms with Gasteiger partial charge in [0.15, 0.2) is 0 Å². The van der Waals surface area contributed by atoms with E-state index in [2.05, 4.69) is 20.4 Å². The first kappa shape index (κ1) is 19.1. The number of aliphatic hydroxyl groups is 1. The minimum absolute atomic E-state index is 0.127. The zero-order chi connectivity index (χ0) is 19.5. The van der Waals surface area contributed by atoms with E-state index in [4.69, 9.17) is 0 Å². The molecule has 8 nitrogen and oxygen atoms in total. The highest BCUT2D eigenvalue weighted by molar-refractivity contribution is 5.39. The second-order valence-electron chi connectivity index (χ2n) is 8.04. The Morgan fingerprint density at radius 1 is 1.21 bits per heavy atom. The van der Waals surface area contributed by atoms with Gasteiger partial charge in [0, 0.05) is 50.6 Å². The van der Waals surface area contributed by atoms with Crippen LogP contribution in [0.15, 0.2) is 29.3 Å². The van der Waals surface area contributed by atoms with Gasteiger partial charge in [-0.1, -0.05) is 0 Å². The van der Waals surface area contributed by atoms with Crippen LogP contribution in [-0.4, -0.2) is 49.9 Å². The summed E-state index contributed by atoms with van der Waals surface area (Å²) in [5.41, 5.74) is 1.05. The molecule has 2 N–H and O–H groups in total. The molecule has 3 unspecified atom stereocenters. The van der Waals surface area contributed by atoms with Gasteiger partial charge in [-0.25, -0.2) is 4.68 Å². The minimum atomic E-state index is -0.473. The number of piperidine rings is 1. The lowest BCUT2D eigenvalue weighted by Gasteiger charge is -2.37. The Morgan fingerprint density at radius 2 is 2.11 bits per heavy atom. The van der Waals surface area contributed by atoms with Crippen molar-refractivity contribution < 1.29 is 5.11 Å². The van der Waals surface area contributed by atoms with Crippen molar-refractivity contribution >= 4 is 5.82 Å². The Balaban J connectivity index is 1.47. The Bertz CT molecular complexity index is 847. The van der Waals surface area contributed by atoms with Crippen molar-refractivity contribution in [1.29, 1.82) is 0 Å². The van der Waals surface area contributed by atoms with E-state index >= 15 is 0 Å². The number of anilines is 1. The lowest BCUT2D eigenvalue weighted by Crippen LogP contribution is -2.46. The van der Waals surface area contributed by atoms with Gasteiger partial charge in [-0.2, -0.15) is 10.2 Å². The van der Waals surface area contributed by atoms with E-state index in [1.807, 2.05) is 30.2 Å². The molecule has 0 spiro atoms. The van der Waals surface area contributed by atoms with E-state index in [1.54, 1.807) is 6.07 Å². The number of aromatic nitrogens is 4. The normalized spacial score (nSPS) is 25.4. The SMILES string of the molecule is Cn1cc(CNCC2CCCCN2c2ccc(=O)n(C3CCCC3O)n2)cn1. The first-order valence-corrected chi connectivity index (χ1v) is 10.3. The molecule has 0 radical (unpaired) electrons. The first-order chi connectivity index (χ1) is 13.6. The number of rotatable bonds is 6. The van der Waals surface area contributed by atoms with Gasteiger partial charge >= 0.3 is 0 Å². The Labute approximate surface area is 165 Å². The molecule has 0 bridgehead atoms. The van der Waals surface area contributed by atoms with E-state index in [1.165, 1.54) is 16.7 Å². The highest BCUT2D eigenvalue weighted by atomic mass is 16.3.